The first-order valence-corrected chi connectivity index (χ1v) is 8.64. The Kier molecular flexibility index (Phi) is 6.42. The van der Waals surface area contributed by atoms with Crippen LogP contribution in [0.3, 0.4) is 0 Å². The highest BCUT2D eigenvalue weighted by atomic mass is 16.5. The van der Waals surface area contributed by atoms with Crippen LogP contribution in [0.5, 0.6) is 5.75 Å². The molecule has 24 heavy (non-hydrogen) atoms. The van der Waals surface area contributed by atoms with Crippen LogP contribution in [0, 0.1) is 13.8 Å². The van der Waals surface area contributed by atoms with Gasteiger partial charge in [0.05, 0.1) is 6.04 Å². The summed E-state index contributed by atoms with van der Waals surface area (Å²) in [6.45, 7) is 8.07. The number of carbonyl (C=O) groups is 1. The summed E-state index contributed by atoms with van der Waals surface area (Å²) in [6.07, 6.45) is 0.989. The molecule has 0 aromatic heterocycles. The van der Waals surface area contributed by atoms with Crippen molar-refractivity contribution in [3.8, 4) is 5.75 Å². The van der Waals surface area contributed by atoms with E-state index in [1.165, 1.54) is 0 Å². The van der Waals surface area contributed by atoms with E-state index in [0.29, 0.717) is 6.42 Å². The first-order valence-electron chi connectivity index (χ1n) is 8.64. The van der Waals surface area contributed by atoms with Crippen molar-refractivity contribution >= 4 is 5.91 Å². The van der Waals surface area contributed by atoms with E-state index in [1.54, 1.807) is 0 Å². The SMILES string of the molecule is CCC(Oc1cc(C)ccc1C)C(=O)NC(CC)c1ccccc1. The van der Waals surface area contributed by atoms with Gasteiger partial charge >= 0.3 is 0 Å². The molecule has 2 unspecified atom stereocenters. The molecule has 3 nitrogen and oxygen atoms in total. The highest BCUT2D eigenvalue weighted by Gasteiger charge is 2.22. The summed E-state index contributed by atoms with van der Waals surface area (Å²) < 4.78 is 6.01. The van der Waals surface area contributed by atoms with Gasteiger partial charge in [-0.25, -0.2) is 0 Å². The maximum absolute atomic E-state index is 12.7. The Bertz CT molecular complexity index is 667. The van der Waals surface area contributed by atoms with Crippen molar-refractivity contribution in [3.63, 3.8) is 0 Å². The fraction of sp³-hybridized carbons (Fsp3) is 0.381. The molecule has 2 atom stereocenters. The van der Waals surface area contributed by atoms with E-state index in [9.17, 15) is 4.79 Å². The summed E-state index contributed by atoms with van der Waals surface area (Å²) in [4.78, 5) is 12.7. The Hall–Kier alpha value is -2.29. The second-order valence-electron chi connectivity index (χ2n) is 6.16. The minimum absolute atomic E-state index is 0.00922. The lowest BCUT2D eigenvalue weighted by atomic mass is 10.0. The monoisotopic (exact) mass is 325 g/mol. The molecule has 0 radical (unpaired) electrons. The molecule has 2 rings (SSSR count). The Balaban J connectivity index is 2.09. The smallest absolute Gasteiger partial charge is 0.261 e. The zero-order valence-electron chi connectivity index (χ0n) is 15.0. The molecule has 0 aliphatic carbocycles. The molecule has 0 aliphatic heterocycles. The minimum Gasteiger partial charge on any atom is -0.480 e. The Morgan fingerprint density at radius 2 is 1.75 bits per heavy atom. The number of aryl methyl sites for hydroxylation is 2. The molecule has 128 valence electrons. The second kappa shape index (κ2) is 8.53. The molecule has 1 N–H and O–H groups in total. The molecule has 0 fully saturated rings. The van der Waals surface area contributed by atoms with E-state index in [2.05, 4.69) is 12.2 Å². The van der Waals surface area contributed by atoms with Crippen molar-refractivity contribution in [1.82, 2.24) is 5.32 Å². The van der Waals surface area contributed by atoms with E-state index in [1.807, 2.05) is 69.3 Å². The lowest BCUT2D eigenvalue weighted by molar-refractivity contribution is -0.129. The van der Waals surface area contributed by atoms with Gasteiger partial charge in [-0.05, 0) is 49.4 Å². The van der Waals surface area contributed by atoms with E-state index < -0.39 is 6.10 Å². The third-order valence-electron chi connectivity index (χ3n) is 4.20. The highest BCUT2D eigenvalue weighted by molar-refractivity contribution is 5.81. The maximum atomic E-state index is 12.7. The van der Waals surface area contributed by atoms with Crippen LogP contribution in [0.1, 0.15) is 49.4 Å². The molecule has 0 spiro atoms. The van der Waals surface area contributed by atoms with Crippen LogP contribution in [0.4, 0.5) is 0 Å². The fourth-order valence-electron chi connectivity index (χ4n) is 2.68. The van der Waals surface area contributed by atoms with Gasteiger partial charge in [-0.15, -0.1) is 0 Å². The molecule has 0 saturated carbocycles. The Labute approximate surface area is 145 Å². The number of amides is 1. The van der Waals surface area contributed by atoms with Crippen molar-refractivity contribution in [2.24, 2.45) is 0 Å². The van der Waals surface area contributed by atoms with Gasteiger partial charge in [-0.2, -0.15) is 0 Å². The number of ether oxygens (including phenoxy) is 1. The first-order chi connectivity index (χ1) is 11.5. The van der Waals surface area contributed by atoms with Crippen molar-refractivity contribution in [2.45, 2.75) is 52.7 Å². The van der Waals surface area contributed by atoms with Crippen LogP contribution in [-0.2, 0) is 4.79 Å². The molecule has 0 aliphatic rings. The average Bonchev–Trinajstić information content (AvgIpc) is 2.60. The van der Waals surface area contributed by atoms with E-state index in [0.717, 1.165) is 28.9 Å². The van der Waals surface area contributed by atoms with Gasteiger partial charge in [-0.1, -0.05) is 56.3 Å². The van der Waals surface area contributed by atoms with E-state index in [4.69, 9.17) is 4.74 Å². The Morgan fingerprint density at radius 3 is 2.38 bits per heavy atom. The van der Waals surface area contributed by atoms with E-state index >= 15 is 0 Å². The van der Waals surface area contributed by atoms with Gasteiger partial charge in [0.1, 0.15) is 5.75 Å². The number of benzene rings is 2. The molecule has 0 saturated heterocycles. The van der Waals surface area contributed by atoms with Crippen molar-refractivity contribution < 1.29 is 9.53 Å². The molecule has 3 heteroatoms. The summed E-state index contributed by atoms with van der Waals surface area (Å²) in [5, 5.41) is 3.12. The second-order valence-corrected chi connectivity index (χ2v) is 6.16. The number of hydrogen-bond acceptors (Lipinski definition) is 2. The van der Waals surface area contributed by atoms with Crippen LogP contribution in [-0.4, -0.2) is 12.0 Å². The zero-order chi connectivity index (χ0) is 17.5. The quantitative estimate of drug-likeness (QED) is 0.799. The van der Waals surface area contributed by atoms with Gasteiger partial charge < -0.3 is 10.1 Å². The molecule has 0 heterocycles. The molecule has 1 amide bonds. The average molecular weight is 325 g/mol. The number of nitrogens with one attached hydrogen (secondary N) is 1. The third-order valence-corrected chi connectivity index (χ3v) is 4.20. The predicted octanol–water partition coefficient (Wildman–Crippen LogP) is 4.73. The van der Waals surface area contributed by atoms with Crippen LogP contribution in [0.2, 0.25) is 0 Å². The van der Waals surface area contributed by atoms with E-state index in [-0.39, 0.29) is 11.9 Å². The summed E-state index contributed by atoms with van der Waals surface area (Å²) in [6, 6.07) is 16.1. The minimum atomic E-state index is -0.483. The zero-order valence-corrected chi connectivity index (χ0v) is 15.0. The van der Waals surface area contributed by atoms with Crippen LogP contribution in [0.25, 0.3) is 0 Å². The molecule has 2 aromatic carbocycles. The maximum Gasteiger partial charge on any atom is 0.261 e. The normalized spacial score (nSPS) is 13.2. The van der Waals surface area contributed by atoms with Gasteiger partial charge in [0, 0.05) is 0 Å². The largest absolute Gasteiger partial charge is 0.480 e. The highest BCUT2D eigenvalue weighted by Crippen LogP contribution is 2.22. The standard InChI is InChI=1S/C21H27NO2/c1-5-18(17-10-8-7-9-11-17)22-21(23)19(6-2)24-20-14-15(3)12-13-16(20)4/h7-14,18-19H,5-6H2,1-4H3,(H,22,23). The predicted molar refractivity (Wildman–Crippen MR) is 98.2 cm³/mol. The van der Waals surface area contributed by atoms with Crippen molar-refractivity contribution in [2.75, 3.05) is 0 Å². The summed E-state index contributed by atoms with van der Waals surface area (Å²) >= 11 is 0. The molecule has 2 aromatic rings. The number of hydrogen-bond donors (Lipinski definition) is 1. The summed E-state index contributed by atoms with van der Waals surface area (Å²) in [5.41, 5.74) is 3.29. The van der Waals surface area contributed by atoms with Gasteiger partial charge in [0.15, 0.2) is 6.10 Å². The van der Waals surface area contributed by atoms with Gasteiger partial charge in [0.2, 0.25) is 0 Å². The first kappa shape index (κ1) is 18.1. The van der Waals surface area contributed by atoms with Gasteiger partial charge in [0.25, 0.3) is 5.91 Å². The molecular formula is C21H27NO2. The lowest BCUT2D eigenvalue weighted by Crippen LogP contribution is -2.40. The van der Waals surface area contributed by atoms with Gasteiger partial charge in [-0.3, -0.25) is 4.79 Å². The van der Waals surface area contributed by atoms with Crippen LogP contribution in [0.15, 0.2) is 48.5 Å². The van der Waals surface area contributed by atoms with Crippen LogP contribution >= 0.6 is 0 Å². The summed E-state index contributed by atoms with van der Waals surface area (Å²) in [5.74, 6) is 0.721. The topological polar surface area (TPSA) is 38.3 Å². The fourth-order valence-corrected chi connectivity index (χ4v) is 2.68. The molecular weight excluding hydrogens is 298 g/mol. The number of rotatable bonds is 7. The number of carbonyl (C=O) groups excluding carboxylic acids is 1. The molecule has 0 bridgehead atoms. The lowest BCUT2D eigenvalue weighted by Gasteiger charge is -2.23. The third kappa shape index (κ3) is 4.60. The summed E-state index contributed by atoms with van der Waals surface area (Å²) in [7, 11) is 0. The van der Waals surface area contributed by atoms with Crippen molar-refractivity contribution in [3.05, 3.63) is 65.2 Å². The Morgan fingerprint density at radius 1 is 1.04 bits per heavy atom. The van der Waals surface area contributed by atoms with Crippen LogP contribution < -0.4 is 10.1 Å². The van der Waals surface area contributed by atoms with Crippen molar-refractivity contribution in [1.29, 1.82) is 0 Å².